The Balaban J connectivity index is 2.26. The lowest BCUT2D eigenvalue weighted by atomic mass is 10.1. The van der Waals surface area contributed by atoms with Gasteiger partial charge in [0.05, 0.1) is 35.7 Å². The van der Waals surface area contributed by atoms with Crippen LogP contribution in [0, 0.1) is 20.8 Å². The van der Waals surface area contributed by atoms with Gasteiger partial charge in [0.2, 0.25) is 0 Å². The normalized spacial score (nSPS) is 11.4. The van der Waals surface area contributed by atoms with Crippen molar-refractivity contribution in [3.8, 4) is 11.4 Å². The highest BCUT2D eigenvalue weighted by Crippen LogP contribution is 2.39. The molecule has 0 bridgehead atoms. The van der Waals surface area contributed by atoms with Crippen molar-refractivity contribution >= 4 is 33.7 Å². The molecule has 0 atom stereocenters. The fourth-order valence-corrected chi connectivity index (χ4v) is 3.76. The highest BCUT2D eigenvalue weighted by atomic mass is 16.5. The van der Waals surface area contributed by atoms with Crippen molar-refractivity contribution in [1.29, 1.82) is 0 Å². The van der Waals surface area contributed by atoms with Crippen molar-refractivity contribution in [2.45, 2.75) is 20.8 Å². The van der Waals surface area contributed by atoms with E-state index in [0.717, 1.165) is 27.9 Å². The van der Waals surface area contributed by atoms with Crippen molar-refractivity contribution in [2.24, 2.45) is 5.73 Å². The molecule has 138 valence electrons. The number of pyridine rings is 1. The zero-order valence-corrected chi connectivity index (χ0v) is 15.6. The minimum Gasteiger partial charge on any atom is -0.496 e. The molecule has 3 heterocycles. The first-order valence-electron chi connectivity index (χ1n) is 8.48. The number of hydrogen-bond donors (Lipinski definition) is 2. The predicted molar refractivity (Wildman–Crippen MR) is 105 cm³/mol. The fourth-order valence-electron chi connectivity index (χ4n) is 3.76. The van der Waals surface area contributed by atoms with Gasteiger partial charge in [-0.25, -0.2) is 4.98 Å². The van der Waals surface area contributed by atoms with E-state index in [9.17, 15) is 4.79 Å². The number of methoxy groups -OCH3 is 1. The van der Waals surface area contributed by atoms with E-state index in [1.165, 1.54) is 0 Å². The van der Waals surface area contributed by atoms with Crippen molar-refractivity contribution in [3.05, 3.63) is 46.8 Å². The van der Waals surface area contributed by atoms with Crippen LogP contribution in [-0.2, 0) is 0 Å². The smallest absolute Gasteiger partial charge is 0.253 e. The van der Waals surface area contributed by atoms with Crippen LogP contribution in [0.25, 0.3) is 27.7 Å². The number of amides is 1. The van der Waals surface area contributed by atoms with Gasteiger partial charge in [-0.15, -0.1) is 0 Å². The van der Waals surface area contributed by atoms with Crippen LogP contribution in [0.2, 0.25) is 0 Å². The lowest BCUT2D eigenvalue weighted by molar-refractivity contribution is 0.100. The van der Waals surface area contributed by atoms with Crippen LogP contribution in [0.4, 0.5) is 5.82 Å². The minimum atomic E-state index is -0.627. The number of primary amides is 1. The topological polar surface area (TPSA) is 109 Å². The van der Waals surface area contributed by atoms with Crippen LogP contribution in [0.1, 0.15) is 27.2 Å². The van der Waals surface area contributed by atoms with Crippen LogP contribution in [-0.4, -0.2) is 22.6 Å². The number of hydrogen-bond acceptors (Lipinski definition) is 5. The van der Waals surface area contributed by atoms with Crippen molar-refractivity contribution in [3.63, 3.8) is 0 Å². The van der Waals surface area contributed by atoms with Gasteiger partial charge in [0.1, 0.15) is 17.2 Å². The maximum absolute atomic E-state index is 12.3. The predicted octanol–water partition coefficient (Wildman–Crippen LogP) is 3.39. The number of benzene rings is 1. The van der Waals surface area contributed by atoms with E-state index in [1.807, 2.05) is 39.0 Å². The third-order valence-corrected chi connectivity index (χ3v) is 5.01. The molecule has 4 N–H and O–H groups in total. The maximum atomic E-state index is 12.3. The summed E-state index contributed by atoms with van der Waals surface area (Å²) in [7, 11) is 1.61. The quantitative estimate of drug-likeness (QED) is 0.579. The van der Waals surface area contributed by atoms with Gasteiger partial charge in [-0.2, -0.15) is 0 Å². The molecule has 7 heteroatoms. The Bertz CT molecular complexity index is 1230. The fraction of sp³-hybridized carbons (Fsp3) is 0.200. The highest BCUT2D eigenvalue weighted by Gasteiger charge is 2.27. The third-order valence-electron chi connectivity index (χ3n) is 5.01. The van der Waals surface area contributed by atoms with E-state index < -0.39 is 5.91 Å². The molecule has 0 radical (unpaired) electrons. The van der Waals surface area contributed by atoms with Crippen LogP contribution < -0.4 is 16.2 Å². The van der Waals surface area contributed by atoms with E-state index >= 15 is 0 Å². The number of aryl methyl sites for hydroxylation is 2. The largest absolute Gasteiger partial charge is 0.496 e. The van der Waals surface area contributed by atoms with Crippen LogP contribution in [0.15, 0.2) is 28.9 Å². The minimum absolute atomic E-state index is 0.207. The monoisotopic (exact) mass is 364 g/mol. The van der Waals surface area contributed by atoms with Gasteiger partial charge in [-0.1, -0.05) is 6.07 Å². The average molecular weight is 364 g/mol. The van der Waals surface area contributed by atoms with Gasteiger partial charge in [-0.05, 0) is 38.5 Å². The molecule has 27 heavy (non-hydrogen) atoms. The molecule has 0 fully saturated rings. The zero-order valence-electron chi connectivity index (χ0n) is 15.6. The Morgan fingerprint density at radius 2 is 1.96 bits per heavy atom. The summed E-state index contributed by atoms with van der Waals surface area (Å²) in [5, 5.41) is 1.34. The third kappa shape index (κ3) is 2.21. The number of carbonyl (C=O) groups is 1. The molecule has 0 aliphatic heterocycles. The number of rotatable bonds is 3. The van der Waals surface area contributed by atoms with Gasteiger partial charge < -0.3 is 20.6 Å². The van der Waals surface area contributed by atoms with Crippen molar-refractivity contribution in [1.82, 2.24) is 9.55 Å². The molecular weight excluding hydrogens is 344 g/mol. The second kappa shape index (κ2) is 5.77. The maximum Gasteiger partial charge on any atom is 0.253 e. The van der Waals surface area contributed by atoms with Crippen molar-refractivity contribution < 1.29 is 13.9 Å². The molecule has 4 rings (SSSR count). The number of aromatic nitrogens is 2. The Labute approximate surface area is 155 Å². The number of nitrogen functional groups attached to an aromatic ring is 1. The number of nitrogens with two attached hydrogens (primary N) is 2. The number of anilines is 1. The summed E-state index contributed by atoms with van der Waals surface area (Å²) < 4.78 is 12.9. The molecule has 7 nitrogen and oxygen atoms in total. The molecule has 3 aromatic heterocycles. The van der Waals surface area contributed by atoms with Gasteiger partial charge in [0.25, 0.3) is 5.91 Å². The van der Waals surface area contributed by atoms with E-state index in [4.69, 9.17) is 25.6 Å². The Morgan fingerprint density at radius 3 is 2.63 bits per heavy atom. The molecule has 1 amide bonds. The summed E-state index contributed by atoms with van der Waals surface area (Å²) >= 11 is 0. The molecule has 0 saturated heterocycles. The lowest BCUT2D eigenvalue weighted by Crippen LogP contribution is -2.14. The number of nitrogens with zero attached hydrogens (tertiary/aromatic N) is 2. The molecule has 0 aliphatic rings. The van der Waals surface area contributed by atoms with Crippen molar-refractivity contribution in [2.75, 3.05) is 12.8 Å². The number of furan rings is 1. The first-order valence-corrected chi connectivity index (χ1v) is 8.48. The molecule has 4 aromatic rings. The Morgan fingerprint density at radius 1 is 1.22 bits per heavy atom. The van der Waals surface area contributed by atoms with Crippen LogP contribution in [0.5, 0.6) is 5.75 Å². The average Bonchev–Trinajstić information content (AvgIpc) is 3.20. The second-order valence-electron chi connectivity index (χ2n) is 6.58. The standard InChI is InChI=1S/C20H20N4O3/c1-9-5-6-13(26-4)10(2)16(9)24-18(21)15(19(22)25)14-17-12(7-8-27-17)11(3)23-20(14)24/h5-8H,21H2,1-4H3,(H2,22,25). The molecule has 0 unspecified atom stereocenters. The lowest BCUT2D eigenvalue weighted by Gasteiger charge is -2.17. The molecule has 1 aromatic carbocycles. The highest BCUT2D eigenvalue weighted by molar-refractivity contribution is 6.18. The number of carbonyl (C=O) groups excluding carboxylic acids is 1. The van der Waals surface area contributed by atoms with E-state index in [2.05, 4.69) is 0 Å². The zero-order chi connectivity index (χ0) is 19.5. The molecule has 0 saturated carbocycles. The Hall–Kier alpha value is -3.48. The van der Waals surface area contributed by atoms with E-state index in [0.29, 0.717) is 22.4 Å². The number of ether oxygens (including phenoxy) is 1. The first kappa shape index (κ1) is 17.0. The molecule has 0 aliphatic carbocycles. The summed E-state index contributed by atoms with van der Waals surface area (Å²) in [6.45, 7) is 5.80. The van der Waals surface area contributed by atoms with Gasteiger partial charge >= 0.3 is 0 Å². The van der Waals surface area contributed by atoms with Gasteiger partial charge in [0, 0.05) is 10.9 Å². The SMILES string of the molecule is COc1ccc(C)c(-n2c(N)c(C(N)=O)c3c4occc4c(C)nc32)c1C. The van der Waals surface area contributed by atoms with Gasteiger partial charge in [0.15, 0.2) is 5.65 Å². The van der Waals surface area contributed by atoms with E-state index in [-0.39, 0.29) is 11.4 Å². The summed E-state index contributed by atoms with van der Waals surface area (Å²) in [6.07, 6.45) is 1.57. The van der Waals surface area contributed by atoms with E-state index in [1.54, 1.807) is 17.9 Å². The summed E-state index contributed by atoms with van der Waals surface area (Å²) in [5.41, 5.74) is 16.8. The first-order chi connectivity index (χ1) is 12.9. The van der Waals surface area contributed by atoms with Crippen LogP contribution >= 0.6 is 0 Å². The molecule has 0 spiro atoms. The number of fused-ring (bicyclic) bond motifs is 3. The Kier molecular flexibility index (Phi) is 3.62. The second-order valence-corrected chi connectivity index (χ2v) is 6.58. The summed E-state index contributed by atoms with van der Waals surface area (Å²) in [4.78, 5) is 17.0. The van der Waals surface area contributed by atoms with Crippen LogP contribution in [0.3, 0.4) is 0 Å². The molecular formula is C20H20N4O3. The van der Waals surface area contributed by atoms with Gasteiger partial charge in [-0.3, -0.25) is 9.36 Å². The summed E-state index contributed by atoms with van der Waals surface area (Å²) in [5.74, 6) is 0.318. The summed E-state index contributed by atoms with van der Waals surface area (Å²) in [6, 6.07) is 5.65.